The van der Waals surface area contributed by atoms with Crippen molar-refractivity contribution in [3.63, 3.8) is 0 Å². The number of likely N-dealkylation sites (tertiary alicyclic amines) is 2. The van der Waals surface area contributed by atoms with Crippen LogP contribution in [0, 0.1) is 11.6 Å². The topological polar surface area (TPSA) is 112 Å². The number of H-pyrrole nitrogens is 1. The largest absolute Gasteiger partial charge is 0.387 e. The van der Waals surface area contributed by atoms with Crippen LogP contribution < -0.4 is 5.32 Å². The maximum Gasteiger partial charge on any atom is 0.321 e. The summed E-state index contributed by atoms with van der Waals surface area (Å²) in [6, 6.07) is 10.4. The van der Waals surface area contributed by atoms with Gasteiger partial charge >= 0.3 is 6.03 Å². The normalized spacial score (nSPS) is 20.6. The molecule has 0 aliphatic carbocycles. The van der Waals surface area contributed by atoms with Gasteiger partial charge in [0.25, 0.3) is 0 Å². The van der Waals surface area contributed by atoms with Crippen LogP contribution in [0.3, 0.4) is 0 Å². The molecule has 8 nitrogen and oxygen atoms in total. The van der Waals surface area contributed by atoms with Crippen LogP contribution in [0.15, 0.2) is 48.7 Å². The minimum atomic E-state index is -1.56. The molecule has 2 aliphatic heterocycles. The molecule has 0 saturated carbocycles. The predicted octanol–water partition coefficient (Wildman–Crippen LogP) is 3.36. The Morgan fingerprint density at radius 2 is 1.68 bits per heavy atom. The molecule has 10 heteroatoms. The average Bonchev–Trinajstić information content (AvgIpc) is 3.32. The summed E-state index contributed by atoms with van der Waals surface area (Å²) in [4.78, 5) is 19.0. The van der Waals surface area contributed by atoms with E-state index in [4.69, 9.17) is 0 Å². The van der Waals surface area contributed by atoms with Gasteiger partial charge in [-0.05, 0) is 55.4 Å². The van der Waals surface area contributed by atoms with Crippen LogP contribution in [0.2, 0.25) is 0 Å². The predicted molar refractivity (Wildman–Crippen MR) is 135 cm³/mol. The molecule has 2 aliphatic rings. The van der Waals surface area contributed by atoms with Gasteiger partial charge in [-0.2, -0.15) is 0 Å². The van der Waals surface area contributed by atoms with Crippen molar-refractivity contribution < 1.29 is 28.9 Å². The van der Waals surface area contributed by atoms with E-state index in [2.05, 4.69) is 16.4 Å². The summed E-state index contributed by atoms with van der Waals surface area (Å²) in [5, 5.41) is 36.6. The second kappa shape index (κ2) is 10.4. The first-order valence-corrected chi connectivity index (χ1v) is 12.6. The van der Waals surface area contributed by atoms with Crippen molar-refractivity contribution in [2.45, 2.75) is 49.5 Å². The molecule has 0 radical (unpaired) electrons. The van der Waals surface area contributed by atoms with E-state index >= 15 is 0 Å². The number of aliphatic hydroxyl groups is 3. The SMILES string of the molecule is O=C(Nc1cc(F)cc(F)c1)N1CCC(O)(C(O)C(O)N2CCC(c3c[nH]c4ccccc34)CC2)CC1. The number of amides is 2. The molecule has 37 heavy (non-hydrogen) atoms. The van der Waals surface area contributed by atoms with Gasteiger partial charge in [-0.3, -0.25) is 4.90 Å². The van der Waals surface area contributed by atoms with Crippen LogP contribution in [0.1, 0.15) is 37.2 Å². The number of nitrogens with zero attached hydrogens (tertiary/aromatic N) is 2. The van der Waals surface area contributed by atoms with Crippen molar-refractivity contribution in [1.29, 1.82) is 0 Å². The van der Waals surface area contributed by atoms with Crippen LogP contribution in [0.25, 0.3) is 10.9 Å². The number of hydrogen-bond donors (Lipinski definition) is 5. The van der Waals surface area contributed by atoms with Gasteiger partial charge in [0.15, 0.2) is 0 Å². The third-order valence-corrected chi connectivity index (χ3v) is 7.83. The van der Waals surface area contributed by atoms with Gasteiger partial charge in [0, 0.05) is 55.0 Å². The van der Waals surface area contributed by atoms with Gasteiger partial charge in [0.05, 0.1) is 5.60 Å². The molecule has 2 saturated heterocycles. The summed E-state index contributed by atoms with van der Waals surface area (Å²) in [5.74, 6) is -1.26. The standard InChI is InChI=1S/C27H32F2N4O4/c28-18-13-19(29)15-20(14-18)31-26(36)33-11-7-27(37,8-12-33)24(34)25(35)32-9-5-17(6-10-32)22-16-30-23-4-2-1-3-21(22)23/h1-4,13-17,24-25,30,34-35,37H,5-12H2,(H,31,36). The summed E-state index contributed by atoms with van der Waals surface area (Å²) in [6.45, 7) is 1.40. The molecule has 2 atom stereocenters. The van der Waals surface area contributed by atoms with E-state index in [0.717, 1.165) is 30.5 Å². The highest BCUT2D eigenvalue weighted by atomic mass is 19.1. The monoisotopic (exact) mass is 514 g/mol. The fraction of sp³-hybridized carbons (Fsp3) is 0.444. The molecule has 2 aromatic carbocycles. The van der Waals surface area contributed by atoms with Crippen LogP contribution >= 0.6 is 0 Å². The van der Waals surface area contributed by atoms with E-state index in [9.17, 15) is 28.9 Å². The zero-order chi connectivity index (χ0) is 26.2. The molecule has 5 N–H and O–H groups in total. The van der Waals surface area contributed by atoms with Crippen molar-refractivity contribution in [3.8, 4) is 0 Å². The molecule has 2 fully saturated rings. The number of urea groups is 1. The summed E-state index contributed by atoms with van der Waals surface area (Å²) in [7, 11) is 0. The Labute approximate surface area is 213 Å². The lowest BCUT2D eigenvalue weighted by Crippen LogP contribution is -2.60. The van der Waals surface area contributed by atoms with Crippen molar-refractivity contribution in [1.82, 2.24) is 14.8 Å². The molecule has 0 spiro atoms. The van der Waals surface area contributed by atoms with Gasteiger partial charge < -0.3 is 30.5 Å². The third-order valence-electron chi connectivity index (χ3n) is 7.83. The molecule has 2 unspecified atom stereocenters. The average molecular weight is 515 g/mol. The number of hydrogen-bond acceptors (Lipinski definition) is 5. The number of aromatic amines is 1. The van der Waals surface area contributed by atoms with Crippen LogP contribution in [-0.2, 0) is 0 Å². The fourth-order valence-corrected chi connectivity index (χ4v) is 5.61. The van der Waals surface area contributed by atoms with E-state index in [1.807, 2.05) is 24.4 Å². The number of carbonyl (C=O) groups excluding carboxylic acids is 1. The van der Waals surface area contributed by atoms with Gasteiger partial charge in [0.1, 0.15) is 24.0 Å². The number of aromatic nitrogens is 1. The van der Waals surface area contributed by atoms with Crippen LogP contribution in [-0.4, -0.2) is 80.2 Å². The van der Waals surface area contributed by atoms with E-state index < -0.39 is 35.6 Å². The van der Waals surface area contributed by atoms with Gasteiger partial charge in [-0.1, -0.05) is 18.2 Å². The molecule has 5 rings (SSSR count). The minimum absolute atomic E-state index is 0.00479. The number of rotatable bonds is 5. The Morgan fingerprint density at radius 1 is 1.03 bits per heavy atom. The summed E-state index contributed by atoms with van der Waals surface area (Å²) < 4.78 is 26.8. The first kappa shape index (κ1) is 25.6. The van der Waals surface area contributed by atoms with Crippen LogP contribution in [0.4, 0.5) is 19.3 Å². The lowest BCUT2D eigenvalue weighted by molar-refractivity contribution is -0.185. The lowest BCUT2D eigenvalue weighted by Gasteiger charge is -2.45. The number of para-hydroxylation sites is 1. The number of fused-ring (bicyclic) bond motifs is 1. The molecule has 2 amide bonds. The summed E-state index contributed by atoms with van der Waals surface area (Å²) in [6.07, 6.45) is 1.17. The first-order chi connectivity index (χ1) is 17.7. The molecule has 198 valence electrons. The van der Waals surface area contributed by atoms with E-state index in [1.165, 1.54) is 15.8 Å². The number of aliphatic hydroxyl groups excluding tert-OH is 2. The van der Waals surface area contributed by atoms with Crippen molar-refractivity contribution >= 4 is 22.6 Å². The Morgan fingerprint density at radius 3 is 2.35 bits per heavy atom. The number of benzene rings is 2. The Kier molecular flexibility index (Phi) is 7.17. The molecular formula is C27H32F2N4O4. The number of anilines is 1. The van der Waals surface area contributed by atoms with Gasteiger partial charge in [-0.15, -0.1) is 0 Å². The van der Waals surface area contributed by atoms with Crippen molar-refractivity contribution in [3.05, 3.63) is 65.9 Å². The number of piperidine rings is 2. The Balaban J connectivity index is 1.14. The second-order valence-electron chi connectivity index (χ2n) is 10.1. The number of nitrogens with one attached hydrogen (secondary N) is 2. The summed E-state index contributed by atoms with van der Waals surface area (Å²) in [5.41, 5.74) is 0.792. The smallest absolute Gasteiger partial charge is 0.321 e. The molecular weight excluding hydrogens is 482 g/mol. The molecule has 0 bridgehead atoms. The first-order valence-electron chi connectivity index (χ1n) is 12.6. The van der Waals surface area contributed by atoms with Gasteiger partial charge in [0.2, 0.25) is 0 Å². The van der Waals surface area contributed by atoms with Crippen molar-refractivity contribution in [2.75, 3.05) is 31.5 Å². The zero-order valence-electron chi connectivity index (χ0n) is 20.4. The lowest BCUT2D eigenvalue weighted by atomic mass is 9.83. The second-order valence-corrected chi connectivity index (χ2v) is 10.1. The molecule has 1 aromatic heterocycles. The highest BCUT2D eigenvalue weighted by molar-refractivity contribution is 5.89. The highest BCUT2D eigenvalue weighted by Gasteiger charge is 2.45. The number of carbonyl (C=O) groups is 1. The van der Waals surface area contributed by atoms with E-state index in [1.54, 1.807) is 4.90 Å². The molecule has 3 heterocycles. The van der Waals surface area contributed by atoms with Gasteiger partial charge in [-0.25, -0.2) is 13.6 Å². The fourth-order valence-electron chi connectivity index (χ4n) is 5.61. The summed E-state index contributed by atoms with van der Waals surface area (Å²) >= 11 is 0. The quantitative estimate of drug-likeness (QED) is 0.359. The molecule has 3 aromatic rings. The van der Waals surface area contributed by atoms with E-state index in [-0.39, 0.29) is 31.6 Å². The maximum absolute atomic E-state index is 13.4. The maximum atomic E-state index is 13.4. The number of halogens is 2. The van der Waals surface area contributed by atoms with Crippen LogP contribution in [0.5, 0.6) is 0 Å². The Bertz CT molecular complexity index is 1230. The van der Waals surface area contributed by atoms with E-state index in [0.29, 0.717) is 25.1 Å². The third kappa shape index (κ3) is 5.33. The highest BCUT2D eigenvalue weighted by Crippen LogP contribution is 2.35. The Hall–Kier alpha value is -3.05. The zero-order valence-corrected chi connectivity index (χ0v) is 20.4. The van der Waals surface area contributed by atoms with Crippen molar-refractivity contribution in [2.24, 2.45) is 0 Å². The minimum Gasteiger partial charge on any atom is -0.387 e.